The summed E-state index contributed by atoms with van der Waals surface area (Å²) in [6.07, 6.45) is 1.89. The number of nitrogens with two attached hydrogens (primary N) is 1. The molecule has 0 amide bonds. The van der Waals surface area contributed by atoms with Gasteiger partial charge in [-0.1, -0.05) is 42.5 Å². The number of benzene rings is 3. The number of hydrogen-bond donors (Lipinski definition) is 3. The van der Waals surface area contributed by atoms with Crippen LogP contribution in [-0.4, -0.2) is 22.8 Å². The number of fused-ring (bicyclic) bond motifs is 1. The van der Waals surface area contributed by atoms with Gasteiger partial charge >= 0.3 is 0 Å². The highest BCUT2D eigenvalue weighted by atomic mass is 32.2. The highest BCUT2D eigenvalue weighted by Crippen LogP contribution is 2.25. The van der Waals surface area contributed by atoms with Crippen LogP contribution < -0.4 is 11.1 Å². The van der Waals surface area contributed by atoms with E-state index in [1.165, 1.54) is 0 Å². The standard InChI is InChI=1S/C21H23N3OS/c1-24-13-5-6-15-11-12-19(22)18(14-15)21(23)26(25)20-10-4-8-16-7-2-3-9-17(16)20/h2-4,7-12,14,23-24H,5-6,13,22H2,1H3. The van der Waals surface area contributed by atoms with Crippen LogP contribution in [0.1, 0.15) is 17.5 Å². The van der Waals surface area contributed by atoms with Gasteiger partial charge in [-0.05, 0) is 61.0 Å². The zero-order valence-electron chi connectivity index (χ0n) is 14.8. The van der Waals surface area contributed by atoms with Crippen LogP contribution in [0.2, 0.25) is 0 Å². The van der Waals surface area contributed by atoms with Gasteiger partial charge < -0.3 is 11.1 Å². The van der Waals surface area contributed by atoms with Gasteiger partial charge in [0.2, 0.25) is 0 Å². The minimum atomic E-state index is -1.59. The van der Waals surface area contributed by atoms with Gasteiger partial charge in [0.25, 0.3) is 0 Å². The zero-order chi connectivity index (χ0) is 18.5. The van der Waals surface area contributed by atoms with E-state index in [4.69, 9.17) is 11.1 Å². The smallest absolute Gasteiger partial charge is 0.133 e. The van der Waals surface area contributed by atoms with Crippen LogP contribution in [0.5, 0.6) is 0 Å². The first-order chi connectivity index (χ1) is 12.6. The van der Waals surface area contributed by atoms with Gasteiger partial charge in [0, 0.05) is 11.3 Å². The molecule has 0 bridgehead atoms. The maximum Gasteiger partial charge on any atom is 0.133 e. The van der Waals surface area contributed by atoms with Crippen molar-refractivity contribution in [2.45, 2.75) is 17.7 Å². The first kappa shape index (κ1) is 18.3. The number of nitrogens with one attached hydrogen (secondary N) is 2. The third-order valence-electron chi connectivity index (χ3n) is 4.39. The molecule has 134 valence electrons. The summed E-state index contributed by atoms with van der Waals surface area (Å²) in [7, 11) is 0.339. The van der Waals surface area contributed by atoms with Crippen molar-refractivity contribution in [1.29, 1.82) is 5.41 Å². The largest absolute Gasteiger partial charge is 0.398 e. The SMILES string of the molecule is CNCCCc1ccc(N)c(C(=N)S(=O)c2cccc3ccccc23)c1. The molecule has 0 aliphatic carbocycles. The molecule has 4 nitrogen and oxygen atoms in total. The van der Waals surface area contributed by atoms with Gasteiger partial charge in [-0.3, -0.25) is 5.41 Å². The van der Waals surface area contributed by atoms with E-state index < -0.39 is 10.8 Å². The van der Waals surface area contributed by atoms with Gasteiger partial charge in [0.15, 0.2) is 0 Å². The Kier molecular flexibility index (Phi) is 5.81. The summed E-state index contributed by atoms with van der Waals surface area (Å²) in [4.78, 5) is 0.646. The predicted molar refractivity (Wildman–Crippen MR) is 110 cm³/mol. The Bertz CT molecular complexity index is 963. The van der Waals surface area contributed by atoms with Crippen molar-refractivity contribution in [3.05, 3.63) is 71.8 Å². The van der Waals surface area contributed by atoms with Crippen LogP contribution in [0, 0.1) is 5.41 Å². The summed E-state index contributed by atoms with van der Waals surface area (Å²) in [5.41, 5.74) is 8.23. The number of anilines is 1. The van der Waals surface area contributed by atoms with Crippen LogP contribution in [0.4, 0.5) is 5.69 Å². The van der Waals surface area contributed by atoms with Gasteiger partial charge in [-0.2, -0.15) is 0 Å². The number of aryl methyl sites for hydroxylation is 1. The lowest BCUT2D eigenvalue weighted by Gasteiger charge is -2.11. The fourth-order valence-corrected chi connectivity index (χ4v) is 4.18. The maximum absolute atomic E-state index is 13.1. The van der Waals surface area contributed by atoms with E-state index in [0.29, 0.717) is 16.1 Å². The average Bonchev–Trinajstić information content (AvgIpc) is 2.68. The summed E-state index contributed by atoms with van der Waals surface area (Å²) in [5, 5.41) is 13.6. The average molecular weight is 366 g/mol. The molecule has 3 rings (SSSR count). The molecule has 4 N–H and O–H groups in total. The van der Waals surface area contributed by atoms with Gasteiger partial charge in [0.05, 0.1) is 4.90 Å². The Hall–Kier alpha value is -2.50. The summed E-state index contributed by atoms with van der Waals surface area (Å²) >= 11 is 0. The monoisotopic (exact) mass is 365 g/mol. The molecule has 0 fully saturated rings. The third-order valence-corrected chi connectivity index (χ3v) is 5.74. The highest BCUT2D eigenvalue weighted by molar-refractivity contribution is 8.01. The van der Waals surface area contributed by atoms with E-state index in [1.807, 2.05) is 61.6 Å². The fraction of sp³-hybridized carbons (Fsp3) is 0.190. The summed E-state index contributed by atoms with van der Waals surface area (Å²) in [6.45, 7) is 0.930. The molecule has 0 spiro atoms. The van der Waals surface area contributed by atoms with Crippen LogP contribution in [-0.2, 0) is 17.2 Å². The van der Waals surface area contributed by atoms with Crippen molar-refractivity contribution in [3.63, 3.8) is 0 Å². The van der Waals surface area contributed by atoms with Crippen molar-refractivity contribution in [2.24, 2.45) is 0 Å². The first-order valence-electron chi connectivity index (χ1n) is 8.63. The molecule has 26 heavy (non-hydrogen) atoms. The molecule has 1 atom stereocenters. The lowest BCUT2D eigenvalue weighted by atomic mass is 10.1. The van der Waals surface area contributed by atoms with Crippen molar-refractivity contribution < 1.29 is 4.21 Å². The summed E-state index contributed by atoms with van der Waals surface area (Å²) in [6, 6.07) is 19.1. The van der Waals surface area contributed by atoms with Gasteiger partial charge in [-0.15, -0.1) is 0 Å². The van der Waals surface area contributed by atoms with Crippen LogP contribution >= 0.6 is 0 Å². The summed E-state index contributed by atoms with van der Waals surface area (Å²) in [5.74, 6) is 0. The molecular formula is C21H23N3OS. The number of hydrogen-bond acceptors (Lipinski definition) is 4. The van der Waals surface area contributed by atoms with Crippen molar-refractivity contribution in [3.8, 4) is 0 Å². The molecule has 0 saturated carbocycles. The highest BCUT2D eigenvalue weighted by Gasteiger charge is 2.17. The second kappa shape index (κ2) is 8.25. The summed E-state index contributed by atoms with van der Waals surface area (Å²) < 4.78 is 13.1. The Morgan fingerprint density at radius 1 is 1.12 bits per heavy atom. The van der Waals surface area contributed by atoms with Crippen molar-refractivity contribution in [1.82, 2.24) is 5.32 Å². The first-order valence-corrected chi connectivity index (χ1v) is 9.78. The van der Waals surface area contributed by atoms with E-state index in [1.54, 1.807) is 6.07 Å². The van der Waals surface area contributed by atoms with E-state index in [-0.39, 0.29) is 5.04 Å². The van der Waals surface area contributed by atoms with Crippen LogP contribution in [0.15, 0.2) is 65.6 Å². The Labute approximate surface area is 156 Å². The maximum atomic E-state index is 13.1. The van der Waals surface area contributed by atoms with Gasteiger partial charge in [-0.25, -0.2) is 4.21 Å². The minimum absolute atomic E-state index is 0.0503. The van der Waals surface area contributed by atoms with E-state index in [0.717, 1.165) is 35.7 Å². The van der Waals surface area contributed by atoms with Crippen LogP contribution in [0.3, 0.4) is 0 Å². The van der Waals surface area contributed by atoms with E-state index in [2.05, 4.69) is 5.32 Å². The topological polar surface area (TPSA) is 79.0 Å². The second-order valence-electron chi connectivity index (χ2n) is 6.20. The normalized spacial score (nSPS) is 12.2. The third kappa shape index (κ3) is 3.84. The molecule has 0 aliphatic rings. The zero-order valence-corrected chi connectivity index (χ0v) is 15.6. The Morgan fingerprint density at radius 2 is 1.88 bits per heavy atom. The molecule has 5 heteroatoms. The molecule has 3 aromatic rings. The fourth-order valence-electron chi connectivity index (χ4n) is 2.99. The predicted octanol–water partition coefficient (Wildman–Crippen LogP) is 3.71. The molecule has 0 heterocycles. The Balaban J connectivity index is 1.93. The lowest BCUT2D eigenvalue weighted by molar-refractivity contribution is 0.690. The molecule has 0 radical (unpaired) electrons. The minimum Gasteiger partial charge on any atom is -0.398 e. The quantitative estimate of drug-likeness (QED) is 0.270. The lowest BCUT2D eigenvalue weighted by Crippen LogP contribution is -2.12. The van der Waals surface area contributed by atoms with Crippen molar-refractivity contribution >= 4 is 32.3 Å². The molecule has 0 aromatic heterocycles. The molecular weight excluding hydrogens is 342 g/mol. The van der Waals surface area contributed by atoms with E-state index >= 15 is 0 Å². The van der Waals surface area contributed by atoms with E-state index in [9.17, 15) is 4.21 Å². The van der Waals surface area contributed by atoms with Crippen LogP contribution in [0.25, 0.3) is 10.8 Å². The molecule has 0 saturated heterocycles. The molecule has 1 unspecified atom stereocenters. The Morgan fingerprint density at radius 3 is 2.69 bits per heavy atom. The number of rotatable bonds is 6. The molecule has 0 aliphatic heterocycles. The second-order valence-corrected chi connectivity index (χ2v) is 7.59. The van der Waals surface area contributed by atoms with Crippen molar-refractivity contribution in [2.75, 3.05) is 19.3 Å². The number of nitrogen functional groups attached to an aromatic ring is 1. The molecule has 3 aromatic carbocycles. The van der Waals surface area contributed by atoms with Gasteiger partial charge in [0.1, 0.15) is 15.8 Å².